The maximum absolute atomic E-state index is 12.2. The van der Waals surface area contributed by atoms with Crippen molar-refractivity contribution in [2.75, 3.05) is 13.7 Å². The number of benzene rings is 1. The summed E-state index contributed by atoms with van der Waals surface area (Å²) in [7, 11) is 1.56. The predicted molar refractivity (Wildman–Crippen MR) is 102 cm³/mol. The molecular formula is C21H26N2O4. The molecule has 6 nitrogen and oxygen atoms in total. The quantitative estimate of drug-likeness (QED) is 0.452. The smallest absolute Gasteiger partial charge is 0.349 e. The lowest BCUT2D eigenvalue weighted by Gasteiger charge is -2.22. The molecule has 0 aliphatic heterocycles. The Hall–Kier alpha value is -2.81. The fourth-order valence-electron chi connectivity index (χ4n) is 3.06. The molecule has 0 saturated heterocycles. The lowest BCUT2D eigenvalue weighted by Crippen LogP contribution is -2.38. The van der Waals surface area contributed by atoms with Gasteiger partial charge in [-0.2, -0.15) is 5.26 Å². The Labute approximate surface area is 160 Å². The van der Waals surface area contributed by atoms with E-state index in [0.29, 0.717) is 23.8 Å². The van der Waals surface area contributed by atoms with Crippen molar-refractivity contribution in [3.63, 3.8) is 0 Å². The van der Waals surface area contributed by atoms with Gasteiger partial charge in [0.05, 0.1) is 7.11 Å². The Morgan fingerprint density at radius 3 is 2.52 bits per heavy atom. The fourth-order valence-corrected chi connectivity index (χ4v) is 3.06. The van der Waals surface area contributed by atoms with Crippen molar-refractivity contribution in [1.82, 2.24) is 5.32 Å². The highest BCUT2D eigenvalue weighted by molar-refractivity contribution is 5.99. The molecule has 27 heavy (non-hydrogen) atoms. The lowest BCUT2D eigenvalue weighted by molar-refractivity contribution is -0.150. The highest BCUT2D eigenvalue weighted by Crippen LogP contribution is 2.22. The fraction of sp³-hybridized carbons (Fsp3) is 0.476. The van der Waals surface area contributed by atoms with Gasteiger partial charge in [-0.05, 0) is 49.5 Å². The average Bonchev–Trinajstić information content (AvgIpc) is 2.71. The van der Waals surface area contributed by atoms with Crippen LogP contribution in [0.4, 0.5) is 0 Å². The number of carbonyl (C=O) groups excluding carboxylic acids is 2. The van der Waals surface area contributed by atoms with Gasteiger partial charge in [-0.1, -0.05) is 31.4 Å². The van der Waals surface area contributed by atoms with Gasteiger partial charge in [-0.25, -0.2) is 4.79 Å². The normalized spacial score (nSPS) is 16.1. The minimum absolute atomic E-state index is 0.160. The predicted octanol–water partition coefficient (Wildman–Crippen LogP) is 3.23. The number of esters is 1. The van der Waals surface area contributed by atoms with E-state index in [0.717, 1.165) is 12.8 Å². The summed E-state index contributed by atoms with van der Waals surface area (Å²) in [5, 5.41) is 12.1. The van der Waals surface area contributed by atoms with E-state index in [1.807, 2.05) is 6.07 Å². The van der Waals surface area contributed by atoms with Gasteiger partial charge in [-0.15, -0.1) is 0 Å². The third-order valence-electron chi connectivity index (χ3n) is 4.71. The van der Waals surface area contributed by atoms with Crippen molar-refractivity contribution < 1.29 is 19.1 Å². The molecule has 2 rings (SSSR count). The summed E-state index contributed by atoms with van der Waals surface area (Å²) in [6.45, 7) is 2.12. The number of carbonyl (C=O) groups is 2. The summed E-state index contributed by atoms with van der Waals surface area (Å²) in [6, 6.07) is 8.74. The molecule has 0 bridgehead atoms. The van der Waals surface area contributed by atoms with Crippen LogP contribution in [0.25, 0.3) is 6.08 Å². The van der Waals surface area contributed by atoms with Gasteiger partial charge < -0.3 is 14.8 Å². The molecule has 1 amide bonds. The molecule has 1 saturated carbocycles. The van der Waals surface area contributed by atoms with Crippen molar-refractivity contribution >= 4 is 18.0 Å². The molecule has 1 atom stereocenters. The minimum atomic E-state index is -0.950. The Balaban J connectivity index is 1.89. The Bertz CT molecular complexity index is 713. The largest absolute Gasteiger partial charge is 0.497 e. The zero-order valence-corrected chi connectivity index (χ0v) is 15.9. The van der Waals surface area contributed by atoms with Gasteiger partial charge in [0.25, 0.3) is 5.91 Å². The molecule has 0 aromatic heterocycles. The number of hydrogen-bond acceptors (Lipinski definition) is 5. The monoisotopic (exact) mass is 370 g/mol. The summed E-state index contributed by atoms with van der Waals surface area (Å²) >= 11 is 0. The Morgan fingerprint density at radius 1 is 1.26 bits per heavy atom. The number of rotatable bonds is 7. The summed E-state index contributed by atoms with van der Waals surface area (Å²) in [6.07, 6.45) is 6.38. The third-order valence-corrected chi connectivity index (χ3v) is 4.71. The van der Waals surface area contributed by atoms with Crippen molar-refractivity contribution in [1.29, 1.82) is 5.26 Å². The molecule has 1 fully saturated rings. The summed E-state index contributed by atoms with van der Waals surface area (Å²) < 4.78 is 10.2. The average molecular weight is 370 g/mol. The van der Waals surface area contributed by atoms with Crippen LogP contribution in [0, 0.1) is 17.2 Å². The van der Waals surface area contributed by atoms with E-state index in [-0.39, 0.29) is 11.5 Å². The van der Waals surface area contributed by atoms with Crippen molar-refractivity contribution in [3.05, 3.63) is 35.4 Å². The molecule has 1 aliphatic rings. The van der Waals surface area contributed by atoms with Crippen molar-refractivity contribution in [2.24, 2.45) is 5.92 Å². The topological polar surface area (TPSA) is 88.4 Å². The van der Waals surface area contributed by atoms with E-state index in [2.05, 4.69) is 5.32 Å². The second kappa shape index (κ2) is 10.4. The number of nitriles is 1. The number of nitrogens with zero attached hydrogens (tertiary/aromatic N) is 1. The van der Waals surface area contributed by atoms with Gasteiger partial charge in [0.2, 0.25) is 0 Å². The van der Waals surface area contributed by atoms with Crippen LogP contribution in [-0.2, 0) is 14.3 Å². The second-order valence-corrected chi connectivity index (χ2v) is 6.74. The minimum Gasteiger partial charge on any atom is -0.497 e. The first-order valence-corrected chi connectivity index (χ1v) is 9.28. The zero-order valence-electron chi connectivity index (χ0n) is 15.9. The maximum Gasteiger partial charge on any atom is 0.349 e. The molecule has 144 valence electrons. The Kier molecular flexibility index (Phi) is 7.87. The van der Waals surface area contributed by atoms with Gasteiger partial charge in [0, 0.05) is 6.54 Å². The molecule has 1 aliphatic carbocycles. The Morgan fingerprint density at radius 2 is 1.93 bits per heavy atom. The van der Waals surface area contributed by atoms with Crippen LogP contribution >= 0.6 is 0 Å². The van der Waals surface area contributed by atoms with Gasteiger partial charge >= 0.3 is 5.97 Å². The molecular weight excluding hydrogens is 344 g/mol. The van der Waals surface area contributed by atoms with Crippen LogP contribution < -0.4 is 10.1 Å². The molecule has 0 heterocycles. The van der Waals surface area contributed by atoms with E-state index in [1.165, 1.54) is 32.3 Å². The maximum atomic E-state index is 12.2. The van der Waals surface area contributed by atoms with Crippen LogP contribution in [0.5, 0.6) is 5.75 Å². The SMILES string of the molecule is COc1ccc(/C=C(\C#N)C(=O)O[C@@H](C)C(=O)NCC2CCCCC2)cc1. The first kappa shape index (κ1) is 20.5. The van der Waals surface area contributed by atoms with Crippen molar-refractivity contribution in [2.45, 2.75) is 45.1 Å². The summed E-state index contributed by atoms with van der Waals surface area (Å²) in [4.78, 5) is 24.4. The number of hydrogen-bond donors (Lipinski definition) is 1. The highest BCUT2D eigenvalue weighted by atomic mass is 16.5. The molecule has 1 N–H and O–H groups in total. The van der Waals surface area contributed by atoms with Gasteiger partial charge in [0.1, 0.15) is 17.4 Å². The molecule has 1 aromatic carbocycles. The molecule has 1 aromatic rings. The zero-order chi connectivity index (χ0) is 19.6. The van der Waals surface area contributed by atoms with E-state index in [9.17, 15) is 14.9 Å². The van der Waals surface area contributed by atoms with Crippen LogP contribution in [0.15, 0.2) is 29.8 Å². The standard InChI is InChI=1S/C21H26N2O4/c1-15(20(24)23-14-17-6-4-3-5-7-17)27-21(25)18(13-22)12-16-8-10-19(26-2)11-9-16/h8-12,15,17H,3-7,14H2,1-2H3,(H,23,24)/b18-12+/t15-/m0/s1. The van der Waals surface area contributed by atoms with Crippen LogP contribution in [0.1, 0.15) is 44.6 Å². The molecule has 6 heteroatoms. The van der Waals surface area contributed by atoms with Crippen LogP contribution in [0.3, 0.4) is 0 Å². The highest BCUT2D eigenvalue weighted by Gasteiger charge is 2.22. The van der Waals surface area contributed by atoms with Crippen LogP contribution in [0.2, 0.25) is 0 Å². The van der Waals surface area contributed by atoms with Crippen molar-refractivity contribution in [3.8, 4) is 11.8 Å². The molecule has 0 spiro atoms. The van der Waals surface area contributed by atoms with E-state index in [4.69, 9.17) is 9.47 Å². The lowest BCUT2D eigenvalue weighted by atomic mass is 9.89. The first-order chi connectivity index (χ1) is 13.0. The molecule has 0 unspecified atom stereocenters. The van der Waals surface area contributed by atoms with E-state index >= 15 is 0 Å². The number of nitrogens with one attached hydrogen (secondary N) is 1. The van der Waals surface area contributed by atoms with E-state index in [1.54, 1.807) is 31.4 Å². The third kappa shape index (κ3) is 6.45. The first-order valence-electron chi connectivity index (χ1n) is 9.28. The number of ether oxygens (including phenoxy) is 2. The summed E-state index contributed by atoms with van der Waals surface area (Å²) in [5.41, 5.74) is 0.505. The van der Waals surface area contributed by atoms with E-state index < -0.39 is 12.1 Å². The van der Waals surface area contributed by atoms with Crippen LogP contribution in [-0.4, -0.2) is 31.6 Å². The second-order valence-electron chi connectivity index (χ2n) is 6.74. The number of methoxy groups -OCH3 is 1. The summed E-state index contributed by atoms with van der Waals surface area (Å²) in [5.74, 6) is 0.0241. The van der Waals surface area contributed by atoms with Gasteiger partial charge in [-0.3, -0.25) is 4.79 Å². The molecule has 0 radical (unpaired) electrons. The van der Waals surface area contributed by atoms with Gasteiger partial charge in [0.15, 0.2) is 6.10 Å². The number of amides is 1.